The molecule has 0 atom stereocenters. The number of nitrogens with zero attached hydrogens (tertiary/aromatic N) is 3. The number of benzene rings is 3. The van der Waals surface area contributed by atoms with Gasteiger partial charge in [-0.15, -0.1) is 0 Å². The lowest BCUT2D eigenvalue weighted by molar-refractivity contribution is -0.119. The number of hydrazone groups is 1. The van der Waals surface area contributed by atoms with Gasteiger partial charge in [0.25, 0.3) is 15.9 Å². The average Bonchev–Trinajstić information content (AvgIpc) is 2.91. The Hall–Kier alpha value is -3.86. The van der Waals surface area contributed by atoms with Gasteiger partial charge in [0.1, 0.15) is 23.2 Å². The SMILES string of the molecule is COc1ccc2cc(C=NNC(=O)CN(c3cc(Cl)ccc3OC)S(=O)(=O)c3ccc(C)cc3)c(Cl)nc2c1. The third-order valence-corrected chi connectivity index (χ3v) is 8.02. The van der Waals surface area contributed by atoms with E-state index >= 15 is 0 Å². The highest BCUT2D eigenvalue weighted by atomic mass is 35.5. The Bertz CT molecular complexity index is 1660. The number of amides is 1. The van der Waals surface area contributed by atoms with Gasteiger partial charge in [0, 0.05) is 22.0 Å². The van der Waals surface area contributed by atoms with Gasteiger partial charge in [-0.2, -0.15) is 5.10 Å². The first-order valence-corrected chi connectivity index (χ1v) is 13.7. The molecule has 12 heteroatoms. The van der Waals surface area contributed by atoms with E-state index < -0.39 is 22.5 Å². The second-order valence-corrected chi connectivity index (χ2v) is 11.0. The molecule has 0 unspecified atom stereocenters. The highest BCUT2D eigenvalue weighted by Gasteiger charge is 2.29. The van der Waals surface area contributed by atoms with Crippen LogP contribution in [0.25, 0.3) is 10.9 Å². The van der Waals surface area contributed by atoms with E-state index in [2.05, 4.69) is 15.5 Å². The van der Waals surface area contributed by atoms with Crippen molar-refractivity contribution in [1.82, 2.24) is 10.4 Å². The van der Waals surface area contributed by atoms with Crippen LogP contribution in [0.2, 0.25) is 10.2 Å². The van der Waals surface area contributed by atoms with Crippen molar-refractivity contribution in [3.63, 3.8) is 0 Å². The van der Waals surface area contributed by atoms with Crippen LogP contribution in [-0.2, 0) is 14.8 Å². The van der Waals surface area contributed by atoms with Gasteiger partial charge in [-0.3, -0.25) is 9.10 Å². The molecule has 39 heavy (non-hydrogen) atoms. The number of hydrogen-bond donors (Lipinski definition) is 1. The van der Waals surface area contributed by atoms with Crippen LogP contribution in [0.1, 0.15) is 11.1 Å². The van der Waals surface area contributed by atoms with E-state index in [0.717, 1.165) is 15.3 Å². The second kappa shape index (κ2) is 11.9. The van der Waals surface area contributed by atoms with Crippen LogP contribution in [0.5, 0.6) is 11.5 Å². The number of nitrogens with one attached hydrogen (secondary N) is 1. The molecule has 0 spiro atoms. The Kier molecular flexibility index (Phi) is 8.59. The monoisotopic (exact) mass is 586 g/mol. The van der Waals surface area contributed by atoms with Gasteiger partial charge in [-0.1, -0.05) is 40.9 Å². The molecule has 0 fully saturated rings. The number of anilines is 1. The molecule has 202 valence electrons. The van der Waals surface area contributed by atoms with Gasteiger partial charge in [0.15, 0.2) is 0 Å². The van der Waals surface area contributed by atoms with E-state index in [0.29, 0.717) is 16.8 Å². The number of aryl methyl sites for hydroxylation is 1. The van der Waals surface area contributed by atoms with Crippen molar-refractivity contribution < 1.29 is 22.7 Å². The third-order valence-electron chi connectivity index (χ3n) is 5.70. The first-order valence-electron chi connectivity index (χ1n) is 11.5. The number of rotatable bonds is 9. The van der Waals surface area contributed by atoms with Crippen LogP contribution in [-0.4, -0.2) is 46.3 Å². The average molecular weight is 587 g/mol. The molecule has 0 aliphatic heterocycles. The van der Waals surface area contributed by atoms with E-state index in [-0.39, 0.29) is 26.5 Å². The molecule has 0 radical (unpaired) electrons. The summed E-state index contributed by atoms with van der Waals surface area (Å²) < 4.78 is 38.8. The number of halogens is 2. The molecule has 3 aromatic carbocycles. The van der Waals surface area contributed by atoms with Crippen molar-refractivity contribution >= 4 is 61.9 Å². The minimum Gasteiger partial charge on any atom is -0.497 e. The minimum absolute atomic E-state index is 0.00270. The Morgan fingerprint density at radius 3 is 2.46 bits per heavy atom. The minimum atomic E-state index is -4.19. The number of methoxy groups -OCH3 is 2. The topological polar surface area (TPSA) is 110 Å². The van der Waals surface area contributed by atoms with Crippen molar-refractivity contribution in [3.05, 3.63) is 88.0 Å². The molecule has 0 saturated heterocycles. The molecule has 1 heterocycles. The zero-order chi connectivity index (χ0) is 28.2. The fourth-order valence-electron chi connectivity index (χ4n) is 3.69. The van der Waals surface area contributed by atoms with Gasteiger partial charge >= 0.3 is 0 Å². The van der Waals surface area contributed by atoms with Crippen molar-refractivity contribution in [2.45, 2.75) is 11.8 Å². The van der Waals surface area contributed by atoms with Gasteiger partial charge in [-0.05, 0) is 55.5 Å². The molecular formula is C27H24Cl2N4O5S. The van der Waals surface area contributed by atoms with Crippen LogP contribution < -0.4 is 19.2 Å². The zero-order valence-corrected chi connectivity index (χ0v) is 23.5. The molecule has 9 nitrogen and oxygen atoms in total. The van der Waals surface area contributed by atoms with Crippen molar-refractivity contribution in [1.29, 1.82) is 0 Å². The standard InChI is InChI=1S/C27H24Cl2N4O5S/c1-17-4-9-22(10-5-17)39(35,36)33(24-13-20(28)7-11-25(24)38-3)16-26(34)32-30-15-19-12-18-6-8-21(37-2)14-23(18)31-27(19)29/h4-15H,16H2,1-3H3,(H,32,34). The maximum atomic E-state index is 13.6. The second-order valence-electron chi connectivity index (χ2n) is 8.36. The summed E-state index contributed by atoms with van der Waals surface area (Å²) in [5.41, 5.74) is 4.42. The first kappa shape index (κ1) is 28.2. The lowest BCUT2D eigenvalue weighted by Crippen LogP contribution is -2.39. The van der Waals surface area contributed by atoms with Crippen molar-refractivity contribution in [2.24, 2.45) is 5.10 Å². The smallest absolute Gasteiger partial charge is 0.264 e. The fraction of sp³-hybridized carbons (Fsp3) is 0.148. The predicted octanol–water partition coefficient (Wildman–Crippen LogP) is 5.21. The summed E-state index contributed by atoms with van der Waals surface area (Å²) in [6, 6.07) is 17.9. The number of fused-ring (bicyclic) bond motifs is 1. The molecule has 4 aromatic rings. The fourth-order valence-corrected chi connectivity index (χ4v) is 5.48. The van der Waals surface area contributed by atoms with E-state index in [1.165, 1.54) is 37.6 Å². The molecule has 0 bridgehead atoms. The summed E-state index contributed by atoms with van der Waals surface area (Å²) in [6.45, 7) is 1.24. The Balaban J connectivity index is 1.61. The van der Waals surface area contributed by atoms with Gasteiger partial charge in [-0.25, -0.2) is 18.8 Å². The number of aromatic nitrogens is 1. The van der Waals surface area contributed by atoms with E-state index in [9.17, 15) is 13.2 Å². The maximum Gasteiger partial charge on any atom is 0.264 e. The van der Waals surface area contributed by atoms with E-state index in [1.807, 2.05) is 13.0 Å². The largest absolute Gasteiger partial charge is 0.497 e. The molecule has 1 amide bonds. The van der Waals surface area contributed by atoms with Gasteiger partial charge < -0.3 is 9.47 Å². The molecule has 0 aliphatic carbocycles. The Morgan fingerprint density at radius 1 is 1.03 bits per heavy atom. The van der Waals surface area contributed by atoms with Crippen LogP contribution in [0.15, 0.2) is 76.7 Å². The van der Waals surface area contributed by atoms with E-state index in [4.69, 9.17) is 32.7 Å². The zero-order valence-electron chi connectivity index (χ0n) is 21.2. The molecule has 0 aliphatic rings. The summed E-state index contributed by atoms with van der Waals surface area (Å²) in [6.07, 6.45) is 1.33. The van der Waals surface area contributed by atoms with Crippen LogP contribution in [0.3, 0.4) is 0 Å². The number of carbonyl (C=O) groups excluding carboxylic acids is 1. The van der Waals surface area contributed by atoms with Crippen LogP contribution in [0.4, 0.5) is 5.69 Å². The van der Waals surface area contributed by atoms with Crippen molar-refractivity contribution in [3.8, 4) is 11.5 Å². The predicted molar refractivity (Wildman–Crippen MR) is 153 cm³/mol. The lowest BCUT2D eigenvalue weighted by Gasteiger charge is -2.25. The molecule has 4 rings (SSSR count). The Morgan fingerprint density at radius 2 is 1.77 bits per heavy atom. The normalized spacial score (nSPS) is 11.5. The number of carbonyl (C=O) groups is 1. The highest BCUT2D eigenvalue weighted by molar-refractivity contribution is 7.92. The van der Waals surface area contributed by atoms with Crippen LogP contribution >= 0.6 is 23.2 Å². The summed E-state index contributed by atoms with van der Waals surface area (Å²) in [4.78, 5) is 17.3. The highest BCUT2D eigenvalue weighted by Crippen LogP contribution is 2.35. The maximum absolute atomic E-state index is 13.6. The van der Waals surface area contributed by atoms with Gasteiger partial charge in [0.2, 0.25) is 0 Å². The summed E-state index contributed by atoms with van der Waals surface area (Å²) in [5.74, 6) is 0.150. The lowest BCUT2D eigenvalue weighted by atomic mass is 10.1. The number of hydrogen-bond acceptors (Lipinski definition) is 7. The third kappa shape index (κ3) is 6.42. The molecule has 1 N–H and O–H groups in total. The molecule has 0 saturated carbocycles. The number of sulfonamides is 1. The molecular weight excluding hydrogens is 563 g/mol. The summed E-state index contributed by atoms with van der Waals surface area (Å²) >= 11 is 12.5. The van der Waals surface area contributed by atoms with Crippen molar-refractivity contribution in [2.75, 3.05) is 25.1 Å². The molecule has 1 aromatic heterocycles. The first-order chi connectivity index (χ1) is 18.6. The Labute approximate surface area is 236 Å². The van der Waals surface area contributed by atoms with Gasteiger partial charge in [0.05, 0.1) is 36.5 Å². The number of pyridine rings is 1. The summed E-state index contributed by atoms with van der Waals surface area (Å²) in [7, 11) is -1.24. The van der Waals surface area contributed by atoms with Crippen LogP contribution in [0, 0.1) is 6.92 Å². The number of ether oxygens (including phenoxy) is 2. The quantitative estimate of drug-likeness (QED) is 0.164. The van der Waals surface area contributed by atoms with E-state index in [1.54, 1.807) is 43.5 Å². The summed E-state index contributed by atoms with van der Waals surface area (Å²) in [5, 5.41) is 5.19.